The summed E-state index contributed by atoms with van der Waals surface area (Å²) in [5, 5.41) is 0. The molecule has 1 aliphatic rings. The first kappa shape index (κ1) is 12.9. The standard InChI is InChI=1S/C14H20N2O2/c1-11-10-12(4-5-13(11)18-3)14(17)16-8-6-15(2)7-9-16/h4-5,10H,6-9H2,1-3H3. The highest BCUT2D eigenvalue weighted by molar-refractivity contribution is 5.94. The van der Waals surface area contributed by atoms with Gasteiger partial charge in [-0.1, -0.05) is 0 Å². The van der Waals surface area contributed by atoms with Crippen molar-refractivity contribution in [2.45, 2.75) is 6.92 Å². The van der Waals surface area contributed by atoms with Crippen molar-refractivity contribution in [1.29, 1.82) is 0 Å². The van der Waals surface area contributed by atoms with Crippen molar-refractivity contribution in [2.24, 2.45) is 0 Å². The number of nitrogens with zero attached hydrogens (tertiary/aromatic N) is 2. The van der Waals surface area contributed by atoms with Crippen LogP contribution >= 0.6 is 0 Å². The lowest BCUT2D eigenvalue weighted by Gasteiger charge is -2.32. The van der Waals surface area contributed by atoms with Gasteiger partial charge in [0.25, 0.3) is 5.91 Å². The molecule has 0 spiro atoms. The second kappa shape index (κ2) is 5.40. The molecule has 4 nitrogen and oxygen atoms in total. The van der Waals surface area contributed by atoms with Crippen LogP contribution in [0.2, 0.25) is 0 Å². The van der Waals surface area contributed by atoms with Gasteiger partial charge in [-0.15, -0.1) is 0 Å². The number of piperazine rings is 1. The van der Waals surface area contributed by atoms with Crippen LogP contribution in [0.15, 0.2) is 18.2 Å². The van der Waals surface area contributed by atoms with Gasteiger partial charge in [-0.05, 0) is 37.7 Å². The summed E-state index contributed by atoms with van der Waals surface area (Å²) in [6, 6.07) is 5.60. The first-order valence-electron chi connectivity index (χ1n) is 6.24. The van der Waals surface area contributed by atoms with Gasteiger partial charge in [0.2, 0.25) is 0 Å². The van der Waals surface area contributed by atoms with E-state index in [2.05, 4.69) is 11.9 Å². The first-order chi connectivity index (χ1) is 8.61. The minimum absolute atomic E-state index is 0.119. The molecule has 18 heavy (non-hydrogen) atoms. The van der Waals surface area contributed by atoms with E-state index in [1.807, 2.05) is 30.0 Å². The van der Waals surface area contributed by atoms with Crippen LogP contribution in [0.5, 0.6) is 5.75 Å². The smallest absolute Gasteiger partial charge is 0.253 e. The summed E-state index contributed by atoms with van der Waals surface area (Å²) in [5.41, 5.74) is 1.75. The Kier molecular flexibility index (Phi) is 3.87. The van der Waals surface area contributed by atoms with Crippen LogP contribution in [0.25, 0.3) is 0 Å². The Morgan fingerprint density at radius 3 is 2.44 bits per heavy atom. The molecule has 0 aliphatic carbocycles. The Labute approximate surface area is 108 Å². The molecule has 0 saturated carbocycles. The molecular weight excluding hydrogens is 228 g/mol. The molecule has 0 atom stereocenters. The topological polar surface area (TPSA) is 32.8 Å². The number of benzene rings is 1. The predicted octanol–water partition coefficient (Wildman–Crippen LogP) is 1.39. The highest BCUT2D eigenvalue weighted by Crippen LogP contribution is 2.19. The molecule has 0 N–H and O–H groups in total. The minimum Gasteiger partial charge on any atom is -0.496 e. The largest absolute Gasteiger partial charge is 0.496 e. The summed E-state index contributed by atoms with van der Waals surface area (Å²) >= 11 is 0. The molecule has 1 amide bonds. The number of hydrogen-bond acceptors (Lipinski definition) is 3. The number of rotatable bonds is 2. The molecule has 0 bridgehead atoms. The van der Waals surface area contributed by atoms with Crippen LogP contribution in [0.4, 0.5) is 0 Å². The van der Waals surface area contributed by atoms with E-state index in [9.17, 15) is 4.79 Å². The van der Waals surface area contributed by atoms with E-state index < -0.39 is 0 Å². The van der Waals surface area contributed by atoms with Crippen molar-refractivity contribution in [3.63, 3.8) is 0 Å². The summed E-state index contributed by atoms with van der Waals surface area (Å²) in [5.74, 6) is 0.943. The van der Waals surface area contributed by atoms with E-state index in [1.165, 1.54) is 0 Å². The molecule has 1 saturated heterocycles. The van der Waals surface area contributed by atoms with Crippen LogP contribution in [-0.4, -0.2) is 56.0 Å². The van der Waals surface area contributed by atoms with Crippen LogP contribution in [0.1, 0.15) is 15.9 Å². The van der Waals surface area contributed by atoms with Crippen molar-refractivity contribution in [3.8, 4) is 5.75 Å². The molecule has 1 aromatic carbocycles. The number of methoxy groups -OCH3 is 1. The fourth-order valence-electron chi connectivity index (χ4n) is 2.20. The monoisotopic (exact) mass is 248 g/mol. The summed E-state index contributed by atoms with van der Waals surface area (Å²) in [6.07, 6.45) is 0. The number of hydrogen-bond donors (Lipinski definition) is 0. The summed E-state index contributed by atoms with van der Waals surface area (Å²) in [6.45, 7) is 5.46. The van der Waals surface area contributed by atoms with Crippen LogP contribution in [-0.2, 0) is 0 Å². The summed E-state index contributed by atoms with van der Waals surface area (Å²) in [7, 11) is 3.73. The highest BCUT2D eigenvalue weighted by atomic mass is 16.5. The molecule has 0 unspecified atom stereocenters. The first-order valence-corrected chi connectivity index (χ1v) is 6.24. The van der Waals surface area contributed by atoms with Crippen molar-refractivity contribution >= 4 is 5.91 Å². The van der Waals surface area contributed by atoms with Crippen molar-refractivity contribution in [3.05, 3.63) is 29.3 Å². The fourth-order valence-corrected chi connectivity index (χ4v) is 2.20. The maximum atomic E-state index is 12.3. The quantitative estimate of drug-likeness (QED) is 0.793. The van der Waals surface area contributed by atoms with Gasteiger partial charge in [0, 0.05) is 31.7 Å². The van der Waals surface area contributed by atoms with Gasteiger partial charge in [-0.2, -0.15) is 0 Å². The molecule has 1 aliphatic heterocycles. The molecule has 1 aromatic rings. The van der Waals surface area contributed by atoms with E-state index in [0.29, 0.717) is 0 Å². The zero-order valence-electron chi connectivity index (χ0n) is 11.3. The maximum absolute atomic E-state index is 12.3. The van der Waals surface area contributed by atoms with Crippen LogP contribution in [0.3, 0.4) is 0 Å². The van der Waals surface area contributed by atoms with Gasteiger partial charge >= 0.3 is 0 Å². The van der Waals surface area contributed by atoms with Gasteiger partial charge in [0.1, 0.15) is 5.75 Å². The lowest BCUT2D eigenvalue weighted by atomic mass is 10.1. The molecule has 98 valence electrons. The number of amides is 1. The maximum Gasteiger partial charge on any atom is 0.253 e. The van der Waals surface area contributed by atoms with Gasteiger partial charge in [-0.3, -0.25) is 4.79 Å². The summed E-state index contributed by atoms with van der Waals surface area (Å²) in [4.78, 5) is 16.5. The average molecular weight is 248 g/mol. The molecule has 0 aromatic heterocycles. The van der Waals surface area contributed by atoms with Crippen molar-refractivity contribution in [2.75, 3.05) is 40.3 Å². The number of carbonyl (C=O) groups is 1. The van der Waals surface area contributed by atoms with Crippen molar-refractivity contribution in [1.82, 2.24) is 9.80 Å². The predicted molar refractivity (Wildman–Crippen MR) is 71.1 cm³/mol. The van der Waals surface area contributed by atoms with E-state index in [4.69, 9.17) is 4.74 Å². The molecule has 1 fully saturated rings. The second-order valence-corrected chi connectivity index (χ2v) is 4.78. The van der Waals surface area contributed by atoms with Crippen molar-refractivity contribution < 1.29 is 9.53 Å². The van der Waals surface area contributed by atoms with E-state index in [0.717, 1.165) is 43.1 Å². The molecule has 2 rings (SSSR count). The van der Waals surface area contributed by atoms with Crippen LogP contribution < -0.4 is 4.74 Å². The number of carbonyl (C=O) groups excluding carboxylic acids is 1. The lowest BCUT2D eigenvalue weighted by molar-refractivity contribution is 0.0664. The lowest BCUT2D eigenvalue weighted by Crippen LogP contribution is -2.47. The minimum atomic E-state index is 0.119. The fraction of sp³-hybridized carbons (Fsp3) is 0.500. The number of aryl methyl sites for hydroxylation is 1. The SMILES string of the molecule is COc1ccc(C(=O)N2CCN(C)CC2)cc1C. The third-order valence-corrected chi connectivity index (χ3v) is 3.43. The highest BCUT2D eigenvalue weighted by Gasteiger charge is 2.20. The summed E-state index contributed by atoms with van der Waals surface area (Å²) < 4.78 is 5.21. The number of likely N-dealkylation sites (N-methyl/N-ethyl adjacent to an activating group) is 1. The Balaban J connectivity index is 2.11. The third kappa shape index (κ3) is 2.64. The Morgan fingerprint density at radius 2 is 1.89 bits per heavy atom. The number of ether oxygens (including phenoxy) is 1. The molecule has 0 radical (unpaired) electrons. The van der Waals surface area contributed by atoms with E-state index in [1.54, 1.807) is 7.11 Å². The second-order valence-electron chi connectivity index (χ2n) is 4.78. The molecule has 4 heteroatoms. The van der Waals surface area contributed by atoms with Gasteiger partial charge < -0.3 is 14.5 Å². The third-order valence-electron chi connectivity index (χ3n) is 3.43. The van der Waals surface area contributed by atoms with E-state index >= 15 is 0 Å². The van der Waals surface area contributed by atoms with Gasteiger partial charge in [0.15, 0.2) is 0 Å². The average Bonchev–Trinajstić information content (AvgIpc) is 2.38. The Morgan fingerprint density at radius 1 is 1.22 bits per heavy atom. The zero-order chi connectivity index (χ0) is 13.1. The van der Waals surface area contributed by atoms with Gasteiger partial charge in [-0.25, -0.2) is 0 Å². The Hall–Kier alpha value is -1.55. The zero-order valence-corrected chi connectivity index (χ0v) is 11.3. The molecular formula is C14H20N2O2. The van der Waals surface area contributed by atoms with Gasteiger partial charge in [0.05, 0.1) is 7.11 Å². The normalized spacial score (nSPS) is 16.7. The van der Waals surface area contributed by atoms with E-state index in [-0.39, 0.29) is 5.91 Å². The van der Waals surface area contributed by atoms with Crippen LogP contribution in [0, 0.1) is 6.92 Å². The Bertz CT molecular complexity index is 437. The molecule has 1 heterocycles.